The third kappa shape index (κ3) is 3.97. The Labute approximate surface area is 189 Å². The number of amides is 1. The van der Waals surface area contributed by atoms with Crippen LogP contribution in [0.5, 0.6) is 11.5 Å². The maximum Gasteiger partial charge on any atom is 0.227 e. The van der Waals surface area contributed by atoms with Crippen LogP contribution in [0.1, 0.15) is 57.8 Å². The second kappa shape index (κ2) is 8.41. The summed E-state index contributed by atoms with van der Waals surface area (Å²) in [5.41, 5.74) is 1.09. The zero-order valence-electron chi connectivity index (χ0n) is 19.2. The lowest BCUT2D eigenvalue weighted by atomic mass is 9.48. The number of rotatable bonds is 8. The Morgan fingerprint density at radius 1 is 1.12 bits per heavy atom. The minimum absolute atomic E-state index is 0.0686. The van der Waals surface area contributed by atoms with Crippen LogP contribution in [-0.2, 0) is 11.2 Å². The molecule has 0 radical (unpaired) electrons. The third-order valence-electron chi connectivity index (χ3n) is 8.06. The van der Waals surface area contributed by atoms with Gasteiger partial charge in [0.2, 0.25) is 17.6 Å². The van der Waals surface area contributed by atoms with Gasteiger partial charge in [0.15, 0.2) is 11.5 Å². The summed E-state index contributed by atoms with van der Waals surface area (Å²) in [6.07, 6.45) is 8.90. The summed E-state index contributed by atoms with van der Waals surface area (Å²) in [7, 11) is 3.19. The van der Waals surface area contributed by atoms with E-state index in [4.69, 9.17) is 14.0 Å². The molecule has 1 amide bonds. The number of hydrogen-bond acceptors (Lipinski definition) is 6. The molecular formula is C25H33N3O4. The van der Waals surface area contributed by atoms with Crippen LogP contribution >= 0.6 is 0 Å². The van der Waals surface area contributed by atoms with E-state index in [0.717, 1.165) is 23.3 Å². The minimum Gasteiger partial charge on any atom is -0.493 e. The molecule has 4 bridgehead atoms. The Morgan fingerprint density at radius 2 is 1.78 bits per heavy atom. The average Bonchev–Trinajstić information content (AvgIpc) is 3.25. The first-order chi connectivity index (χ1) is 15.5. The predicted octanol–water partition coefficient (Wildman–Crippen LogP) is 4.41. The summed E-state index contributed by atoms with van der Waals surface area (Å²) < 4.78 is 16.0. The largest absolute Gasteiger partial charge is 0.493 e. The summed E-state index contributed by atoms with van der Waals surface area (Å²) >= 11 is 0. The van der Waals surface area contributed by atoms with Crippen LogP contribution in [0.4, 0.5) is 0 Å². The minimum atomic E-state index is 0.0686. The first kappa shape index (κ1) is 21.3. The predicted molar refractivity (Wildman–Crippen MR) is 119 cm³/mol. The van der Waals surface area contributed by atoms with E-state index in [0.29, 0.717) is 41.5 Å². The number of carbonyl (C=O) groups excluding carboxylic acids is 1. The fourth-order valence-corrected chi connectivity index (χ4v) is 6.84. The van der Waals surface area contributed by atoms with Gasteiger partial charge in [-0.25, -0.2) is 0 Å². The summed E-state index contributed by atoms with van der Waals surface area (Å²) in [5.74, 6) is 4.91. The van der Waals surface area contributed by atoms with Gasteiger partial charge >= 0.3 is 0 Å². The number of nitrogens with zero attached hydrogens (tertiary/aromatic N) is 2. The molecule has 7 heteroatoms. The summed E-state index contributed by atoms with van der Waals surface area (Å²) in [5, 5.41) is 7.38. The molecule has 4 aliphatic carbocycles. The number of aryl methyl sites for hydroxylation is 1. The van der Waals surface area contributed by atoms with Crippen LogP contribution in [0, 0.1) is 23.2 Å². The first-order valence-corrected chi connectivity index (χ1v) is 11.8. The van der Waals surface area contributed by atoms with Crippen molar-refractivity contribution in [2.24, 2.45) is 23.2 Å². The number of hydrogen-bond donors (Lipinski definition) is 1. The number of ether oxygens (including phenoxy) is 2. The molecule has 4 fully saturated rings. The molecular weight excluding hydrogens is 406 g/mol. The maximum absolute atomic E-state index is 12.7. The van der Waals surface area contributed by atoms with Gasteiger partial charge in [0, 0.05) is 24.4 Å². The van der Waals surface area contributed by atoms with Crippen molar-refractivity contribution >= 4 is 5.91 Å². The van der Waals surface area contributed by atoms with Crippen molar-refractivity contribution in [2.45, 2.75) is 64.3 Å². The van der Waals surface area contributed by atoms with Crippen molar-refractivity contribution in [2.75, 3.05) is 14.2 Å². The Morgan fingerprint density at radius 3 is 2.41 bits per heavy atom. The van der Waals surface area contributed by atoms with Crippen LogP contribution in [0.2, 0.25) is 0 Å². The van der Waals surface area contributed by atoms with Crippen molar-refractivity contribution in [3.8, 4) is 22.9 Å². The molecule has 1 aromatic carbocycles. The van der Waals surface area contributed by atoms with Gasteiger partial charge in [-0.15, -0.1) is 0 Å². The van der Waals surface area contributed by atoms with Crippen LogP contribution in [0.3, 0.4) is 0 Å². The van der Waals surface area contributed by atoms with Gasteiger partial charge in [0.1, 0.15) is 0 Å². The highest BCUT2D eigenvalue weighted by molar-refractivity contribution is 5.76. The van der Waals surface area contributed by atoms with Gasteiger partial charge in [0.05, 0.1) is 14.2 Å². The molecule has 1 heterocycles. The van der Waals surface area contributed by atoms with Crippen LogP contribution in [0.15, 0.2) is 22.7 Å². The van der Waals surface area contributed by atoms with Crippen molar-refractivity contribution in [3.63, 3.8) is 0 Å². The second-order valence-corrected chi connectivity index (χ2v) is 10.2. The van der Waals surface area contributed by atoms with E-state index in [2.05, 4.69) is 22.4 Å². The van der Waals surface area contributed by atoms with E-state index in [1.54, 1.807) is 14.2 Å². The maximum atomic E-state index is 12.7. The topological polar surface area (TPSA) is 86.5 Å². The number of nitrogens with one attached hydrogen (secondary N) is 1. The molecule has 0 saturated heterocycles. The Kier molecular flexibility index (Phi) is 5.59. The van der Waals surface area contributed by atoms with Crippen LogP contribution in [-0.4, -0.2) is 36.3 Å². The van der Waals surface area contributed by atoms with E-state index >= 15 is 0 Å². The molecule has 0 aliphatic heterocycles. The SMILES string of the molecule is COc1ccc(-c2noc(CCC(=O)NC(C)C34CC5CC(CC(C5)C3)C4)n2)cc1OC. The van der Waals surface area contributed by atoms with Gasteiger partial charge < -0.3 is 19.3 Å². The number of benzene rings is 1. The molecule has 0 spiro atoms. The smallest absolute Gasteiger partial charge is 0.227 e. The van der Waals surface area contributed by atoms with Crippen LogP contribution < -0.4 is 14.8 Å². The molecule has 6 rings (SSSR count). The lowest BCUT2D eigenvalue weighted by Crippen LogP contribution is -2.55. The summed E-state index contributed by atoms with van der Waals surface area (Å²) in [6.45, 7) is 2.22. The lowest BCUT2D eigenvalue weighted by molar-refractivity contribution is -0.125. The molecule has 4 aliphatic rings. The highest BCUT2D eigenvalue weighted by atomic mass is 16.5. The first-order valence-electron chi connectivity index (χ1n) is 11.8. The molecule has 1 unspecified atom stereocenters. The van der Waals surface area contributed by atoms with Gasteiger partial charge in [-0.3, -0.25) is 4.79 Å². The highest BCUT2D eigenvalue weighted by Gasteiger charge is 2.53. The number of carbonyl (C=O) groups is 1. The fourth-order valence-electron chi connectivity index (χ4n) is 6.84. The normalized spacial score (nSPS) is 29.0. The zero-order valence-corrected chi connectivity index (χ0v) is 19.2. The van der Waals surface area contributed by atoms with Crippen molar-refractivity contribution in [3.05, 3.63) is 24.1 Å². The van der Waals surface area contributed by atoms with E-state index < -0.39 is 0 Å². The summed E-state index contributed by atoms with van der Waals surface area (Å²) in [4.78, 5) is 17.2. The zero-order chi connectivity index (χ0) is 22.3. The molecule has 2 aromatic rings. The number of methoxy groups -OCH3 is 2. The van der Waals surface area contributed by atoms with E-state index in [-0.39, 0.29) is 11.9 Å². The quantitative estimate of drug-likeness (QED) is 0.656. The van der Waals surface area contributed by atoms with Gasteiger partial charge in [0.25, 0.3) is 0 Å². The molecule has 1 N–H and O–H groups in total. The Balaban J connectivity index is 1.17. The third-order valence-corrected chi connectivity index (χ3v) is 8.06. The fraction of sp³-hybridized carbons (Fsp3) is 0.640. The van der Waals surface area contributed by atoms with Gasteiger partial charge in [-0.05, 0) is 86.8 Å². The molecule has 1 atom stereocenters. The van der Waals surface area contributed by atoms with Crippen molar-refractivity contribution in [1.29, 1.82) is 0 Å². The van der Waals surface area contributed by atoms with E-state index in [1.165, 1.54) is 38.5 Å². The second-order valence-electron chi connectivity index (χ2n) is 10.2. The molecule has 4 saturated carbocycles. The lowest BCUT2D eigenvalue weighted by Gasteiger charge is -2.59. The van der Waals surface area contributed by atoms with Crippen molar-refractivity contribution < 1.29 is 18.8 Å². The van der Waals surface area contributed by atoms with Gasteiger partial charge in [-0.1, -0.05) is 5.16 Å². The Hall–Kier alpha value is -2.57. The Bertz CT molecular complexity index is 950. The van der Waals surface area contributed by atoms with Crippen molar-refractivity contribution in [1.82, 2.24) is 15.5 Å². The molecule has 172 valence electrons. The monoisotopic (exact) mass is 439 g/mol. The van der Waals surface area contributed by atoms with Crippen LogP contribution in [0.25, 0.3) is 11.4 Å². The summed E-state index contributed by atoms with van der Waals surface area (Å²) in [6, 6.07) is 5.71. The molecule has 32 heavy (non-hydrogen) atoms. The standard InChI is InChI=1S/C25H33N3O4/c1-15(25-12-16-8-17(13-25)10-18(9-16)14-25)26-22(29)6-7-23-27-24(28-32-23)19-4-5-20(30-2)21(11-19)31-3/h4-5,11,15-18H,6-10,12-14H2,1-3H3,(H,26,29). The molecule has 1 aromatic heterocycles. The number of aromatic nitrogens is 2. The average molecular weight is 440 g/mol. The van der Waals surface area contributed by atoms with E-state index in [1.807, 2.05) is 18.2 Å². The van der Waals surface area contributed by atoms with E-state index in [9.17, 15) is 4.79 Å². The molecule has 7 nitrogen and oxygen atoms in total. The van der Waals surface area contributed by atoms with Gasteiger partial charge in [-0.2, -0.15) is 4.98 Å². The highest BCUT2D eigenvalue weighted by Crippen LogP contribution is 2.61.